The zero-order valence-electron chi connectivity index (χ0n) is 24.0. The number of carbonyl (C=O) groups is 2. The van der Waals surface area contributed by atoms with Crippen LogP contribution in [0.4, 0.5) is 0 Å². The molecule has 0 aliphatic heterocycles. The summed E-state index contributed by atoms with van der Waals surface area (Å²) in [5.74, 6) is -0.605. The third-order valence-electron chi connectivity index (χ3n) is 7.44. The number of hydrogen-bond donors (Lipinski definition) is 4. The van der Waals surface area contributed by atoms with Crippen molar-refractivity contribution in [1.82, 2.24) is 15.6 Å². The molecule has 1 aromatic carbocycles. The van der Waals surface area contributed by atoms with Crippen molar-refractivity contribution in [2.45, 2.75) is 135 Å². The van der Waals surface area contributed by atoms with Crippen molar-refractivity contribution in [3.8, 4) is 0 Å². The van der Waals surface area contributed by atoms with Crippen molar-refractivity contribution in [1.29, 1.82) is 0 Å². The van der Waals surface area contributed by atoms with Gasteiger partial charge in [0.1, 0.15) is 6.04 Å². The van der Waals surface area contributed by atoms with Crippen LogP contribution >= 0.6 is 0 Å². The first-order valence-electron chi connectivity index (χ1n) is 15.3. The molecule has 0 fully saturated rings. The molecule has 6 nitrogen and oxygen atoms in total. The summed E-state index contributed by atoms with van der Waals surface area (Å²) in [6.07, 6.45) is 22.0. The number of unbranched alkanes of at least 4 members (excludes halogenated alkanes) is 15. The van der Waals surface area contributed by atoms with Crippen LogP contribution in [-0.2, 0) is 16.0 Å². The van der Waals surface area contributed by atoms with Gasteiger partial charge in [0.2, 0.25) is 11.8 Å². The van der Waals surface area contributed by atoms with E-state index in [9.17, 15) is 14.7 Å². The van der Waals surface area contributed by atoms with Crippen molar-refractivity contribution >= 4 is 22.7 Å². The maximum atomic E-state index is 12.6. The number of rotatable bonds is 22. The third kappa shape index (κ3) is 12.9. The van der Waals surface area contributed by atoms with Crippen LogP contribution in [0.15, 0.2) is 30.5 Å². The van der Waals surface area contributed by atoms with Gasteiger partial charge in [0.15, 0.2) is 0 Å². The van der Waals surface area contributed by atoms with Gasteiger partial charge in [-0.05, 0) is 25.0 Å². The zero-order valence-corrected chi connectivity index (χ0v) is 24.0. The molecular weight excluding hydrogens is 474 g/mol. The molecule has 6 heteroatoms. The molecule has 0 bridgehead atoms. The first-order chi connectivity index (χ1) is 18.5. The van der Waals surface area contributed by atoms with Crippen LogP contribution < -0.4 is 10.6 Å². The maximum absolute atomic E-state index is 12.6. The summed E-state index contributed by atoms with van der Waals surface area (Å²) in [4.78, 5) is 28.4. The second-order valence-electron chi connectivity index (χ2n) is 10.9. The van der Waals surface area contributed by atoms with E-state index in [0.717, 1.165) is 29.3 Å². The molecule has 214 valence electrons. The van der Waals surface area contributed by atoms with E-state index in [1.165, 1.54) is 96.8 Å². The van der Waals surface area contributed by atoms with Crippen LogP contribution in [0.5, 0.6) is 0 Å². The molecule has 0 saturated heterocycles. The Balaban J connectivity index is 1.48. The molecule has 0 aliphatic carbocycles. The molecule has 0 saturated carbocycles. The van der Waals surface area contributed by atoms with Gasteiger partial charge < -0.3 is 20.7 Å². The number of amides is 2. The van der Waals surface area contributed by atoms with E-state index in [4.69, 9.17) is 0 Å². The van der Waals surface area contributed by atoms with Gasteiger partial charge in [-0.2, -0.15) is 0 Å². The van der Waals surface area contributed by atoms with Crippen LogP contribution in [0.25, 0.3) is 10.9 Å². The van der Waals surface area contributed by atoms with E-state index in [0.29, 0.717) is 6.54 Å². The van der Waals surface area contributed by atoms with Gasteiger partial charge in [-0.15, -0.1) is 0 Å². The fourth-order valence-corrected chi connectivity index (χ4v) is 5.08. The molecule has 2 atom stereocenters. The van der Waals surface area contributed by atoms with Gasteiger partial charge in [0.05, 0.1) is 12.5 Å². The zero-order chi connectivity index (χ0) is 27.4. The van der Waals surface area contributed by atoms with E-state index < -0.39 is 12.1 Å². The van der Waals surface area contributed by atoms with E-state index in [-0.39, 0.29) is 18.2 Å². The number of nitrogens with one attached hydrogen (secondary N) is 3. The summed E-state index contributed by atoms with van der Waals surface area (Å²) in [6.45, 7) is 4.37. The van der Waals surface area contributed by atoms with Gasteiger partial charge in [-0.3, -0.25) is 9.59 Å². The number of fused-ring (bicyclic) bond motifs is 1. The summed E-state index contributed by atoms with van der Waals surface area (Å²) >= 11 is 0. The Labute approximate surface area is 230 Å². The summed E-state index contributed by atoms with van der Waals surface area (Å²) in [5.41, 5.74) is 1.84. The molecule has 0 unspecified atom stereocenters. The van der Waals surface area contributed by atoms with E-state index in [1.807, 2.05) is 30.5 Å². The molecular formula is C32H53N3O3. The molecule has 4 N–H and O–H groups in total. The van der Waals surface area contributed by atoms with Crippen LogP contribution in [0.2, 0.25) is 0 Å². The lowest BCUT2D eigenvalue weighted by Gasteiger charge is -2.21. The lowest BCUT2D eigenvalue weighted by molar-refractivity contribution is -0.131. The highest BCUT2D eigenvalue weighted by Crippen LogP contribution is 2.18. The van der Waals surface area contributed by atoms with Crippen LogP contribution in [-0.4, -0.2) is 40.6 Å². The normalized spacial score (nSPS) is 12.9. The standard InChI is InChI=1S/C32H53N3O3/c1-3-4-5-6-7-8-9-10-11-12-13-14-15-16-17-20-23-33-32(38)31(26(2)36)35-30(37)24-27-25-34-29-22-19-18-21-28(27)29/h18-19,21-22,25-26,31,34,36H,3-17,20,23-24H2,1-2H3,(H,33,38)(H,35,37)/t26-,31+/m1/s1. The van der Waals surface area contributed by atoms with Crippen molar-refractivity contribution in [3.05, 3.63) is 36.0 Å². The molecule has 0 aliphatic rings. The molecule has 0 spiro atoms. The second-order valence-corrected chi connectivity index (χ2v) is 10.9. The van der Waals surface area contributed by atoms with Crippen LogP contribution in [0, 0.1) is 0 Å². The Morgan fingerprint density at radius 1 is 0.816 bits per heavy atom. The van der Waals surface area contributed by atoms with Gasteiger partial charge in [0, 0.05) is 23.6 Å². The van der Waals surface area contributed by atoms with Gasteiger partial charge in [-0.25, -0.2) is 0 Å². The predicted octanol–water partition coefficient (Wildman–Crippen LogP) is 6.95. The van der Waals surface area contributed by atoms with Crippen LogP contribution in [0.3, 0.4) is 0 Å². The lowest BCUT2D eigenvalue weighted by atomic mass is 10.0. The highest BCUT2D eigenvalue weighted by molar-refractivity contribution is 5.92. The molecule has 1 aromatic heterocycles. The minimum absolute atomic E-state index is 0.152. The monoisotopic (exact) mass is 527 g/mol. The number of para-hydroxylation sites is 1. The Kier molecular flexibility index (Phi) is 16.5. The first-order valence-corrected chi connectivity index (χ1v) is 15.3. The predicted molar refractivity (Wildman–Crippen MR) is 158 cm³/mol. The second kappa shape index (κ2) is 19.7. The average molecular weight is 528 g/mol. The van der Waals surface area contributed by atoms with Gasteiger partial charge in [-0.1, -0.05) is 121 Å². The number of carbonyl (C=O) groups excluding carboxylic acids is 2. The Morgan fingerprint density at radius 3 is 1.89 bits per heavy atom. The maximum Gasteiger partial charge on any atom is 0.245 e. The molecule has 0 radical (unpaired) electrons. The molecule has 2 amide bonds. The summed E-state index contributed by atoms with van der Waals surface area (Å²) in [5, 5.41) is 16.7. The molecule has 2 rings (SSSR count). The van der Waals surface area contributed by atoms with Crippen LogP contribution in [0.1, 0.15) is 122 Å². The summed E-state index contributed by atoms with van der Waals surface area (Å²) in [7, 11) is 0. The Morgan fingerprint density at radius 2 is 1.34 bits per heavy atom. The number of aromatic nitrogens is 1. The van der Waals surface area contributed by atoms with E-state index in [2.05, 4.69) is 22.5 Å². The van der Waals surface area contributed by atoms with Gasteiger partial charge in [0.25, 0.3) is 0 Å². The first kappa shape index (κ1) is 31.9. The lowest BCUT2D eigenvalue weighted by Crippen LogP contribution is -2.52. The molecule has 38 heavy (non-hydrogen) atoms. The number of benzene rings is 1. The smallest absolute Gasteiger partial charge is 0.245 e. The van der Waals surface area contributed by atoms with E-state index >= 15 is 0 Å². The number of hydrogen-bond acceptors (Lipinski definition) is 3. The van der Waals surface area contributed by atoms with Crippen molar-refractivity contribution in [2.75, 3.05) is 6.54 Å². The van der Waals surface area contributed by atoms with E-state index in [1.54, 1.807) is 0 Å². The average Bonchev–Trinajstić information content (AvgIpc) is 3.31. The number of aliphatic hydroxyl groups excluding tert-OH is 1. The number of aromatic amines is 1. The number of aliphatic hydroxyl groups is 1. The highest BCUT2D eigenvalue weighted by Gasteiger charge is 2.25. The fraction of sp³-hybridized carbons (Fsp3) is 0.688. The van der Waals surface area contributed by atoms with Crippen molar-refractivity contribution < 1.29 is 14.7 Å². The van der Waals surface area contributed by atoms with Crippen molar-refractivity contribution in [3.63, 3.8) is 0 Å². The minimum atomic E-state index is -0.965. The van der Waals surface area contributed by atoms with Gasteiger partial charge >= 0.3 is 0 Å². The summed E-state index contributed by atoms with van der Waals surface area (Å²) < 4.78 is 0. The fourth-order valence-electron chi connectivity index (χ4n) is 5.08. The molecule has 1 heterocycles. The highest BCUT2D eigenvalue weighted by atomic mass is 16.3. The topological polar surface area (TPSA) is 94.2 Å². The summed E-state index contributed by atoms with van der Waals surface area (Å²) in [6, 6.07) is 6.85. The SMILES string of the molecule is CCCCCCCCCCCCCCCCCCNC(=O)[C@@H](NC(=O)Cc1c[nH]c2ccccc12)[C@@H](C)O. The Hall–Kier alpha value is -2.34. The quantitative estimate of drug-likeness (QED) is 0.125. The molecule has 2 aromatic rings. The third-order valence-corrected chi connectivity index (χ3v) is 7.44. The Bertz CT molecular complexity index is 908. The largest absolute Gasteiger partial charge is 0.391 e. The minimum Gasteiger partial charge on any atom is -0.391 e. The van der Waals surface area contributed by atoms with Crippen molar-refractivity contribution in [2.24, 2.45) is 0 Å². The number of H-pyrrole nitrogens is 1.